The average Bonchev–Trinajstić information content (AvgIpc) is 3.09. The molecule has 5 nitrogen and oxygen atoms in total. The summed E-state index contributed by atoms with van der Waals surface area (Å²) in [5.41, 5.74) is 1.99. The van der Waals surface area contributed by atoms with E-state index in [9.17, 15) is 9.90 Å². The number of Topliss-reactive ketones (excluding diaryl/α,β-unsaturated/α-hetero) is 1. The molecule has 0 aliphatic carbocycles. The summed E-state index contributed by atoms with van der Waals surface area (Å²) in [6, 6.07) is 12.0. The molecule has 120 valence electrons. The van der Waals surface area contributed by atoms with Crippen LogP contribution in [0.4, 0.5) is 0 Å². The van der Waals surface area contributed by atoms with Crippen molar-refractivity contribution in [3.05, 3.63) is 66.7 Å². The predicted octanol–water partition coefficient (Wildman–Crippen LogP) is 3.46. The van der Waals surface area contributed by atoms with Crippen LogP contribution in [-0.4, -0.2) is 26.5 Å². The second-order valence-electron chi connectivity index (χ2n) is 5.87. The van der Waals surface area contributed by atoms with E-state index in [-0.39, 0.29) is 17.6 Å². The van der Waals surface area contributed by atoms with Crippen LogP contribution < -0.4 is 4.74 Å². The van der Waals surface area contributed by atoms with Gasteiger partial charge in [0, 0.05) is 18.0 Å². The monoisotopic (exact) mass is 320 g/mol. The first kappa shape index (κ1) is 14.5. The molecule has 2 aromatic carbocycles. The lowest BCUT2D eigenvalue weighted by Gasteiger charge is -2.31. The fourth-order valence-electron chi connectivity index (χ4n) is 3.16. The number of aromatic nitrogens is 2. The maximum Gasteiger partial charge on any atom is 0.193 e. The minimum Gasteiger partial charge on any atom is -0.507 e. The standard InChI is InChI=1S/C19H16N2O3/c1-12-18(21-9-8-20-11-21)19(23)15-10-13(6-7-17(15)24-12)14-4-2-3-5-16(14)22/h2-12,18,22H,1H3. The van der Waals surface area contributed by atoms with E-state index in [2.05, 4.69) is 4.98 Å². The van der Waals surface area contributed by atoms with Crippen LogP contribution in [0.3, 0.4) is 0 Å². The van der Waals surface area contributed by atoms with Crippen LogP contribution >= 0.6 is 0 Å². The second-order valence-corrected chi connectivity index (χ2v) is 5.87. The van der Waals surface area contributed by atoms with Crippen molar-refractivity contribution < 1.29 is 14.6 Å². The van der Waals surface area contributed by atoms with Crippen LogP contribution in [0.5, 0.6) is 11.5 Å². The number of fused-ring (bicyclic) bond motifs is 1. The van der Waals surface area contributed by atoms with E-state index in [4.69, 9.17) is 4.74 Å². The molecule has 0 fully saturated rings. The van der Waals surface area contributed by atoms with Gasteiger partial charge in [0.05, 0.1) is 11.9 Å². The van der Waals surface area contributed by atoms with Gasteiger partial charge in [0.2, 0.25) is 0 Å². The number of aromatic hydroxyl groups is 1. The number of imidazole rings is 1. The number of nitrogens with zero attached hydrogens (tertiary/aromatic N) is 2. The third kappa shape index (κ3) is 2.25. The maximum atomic E-state index is 13.0. The highest BCUT2D eigenvalue weighted by molar-refractivity contribution is 6.03. The Labute approximate surface area is 139 Å². The van der Waals surface area contributed by atoms with Crippen LogP contribution in [0, 0.1) is 0 Å². The van der Waals surface area contributed by atoms with Gasteiger partial charge in [-0.05, 0) is 30.7 Å². The normalized spacial score (nSPS) is 19.6. The van der Waals surface area contributed by atoms with Crippen LogP contribution in [0.25, 0.3) is 11.1 Å². The third-order valence-electron chi connectivity index (χ3n) is 4.33. The summed E-state index contributed by atoms with van der Waals surface area (Å²) in [6.45, 7) is 1.88. The van der Waals surface area contributed by atoms with Gasteiger partial charge in [0.1, 0.15) is 23.6 Å². The number of para-hydroxylation sites is 1. The molecule has 0 saturated carbocycles. The van der Waals surface area contributed by atoms with Gasteiger partial charge in [0.25, 0.3) is 0 Å². The lowest BCUT2D eigenvalue weighted by molar-refractivity contribution is 0.0718. The van der Waals surface area contributed by atoms with E-state index in [0.717, 1.165) is 5.56 Å². The molecule has 0 radical (unpaired) electrons. The number of phenolic OH excluding ortho intramolecular Hbond substituents is 1. The molecule has 1 aliphatic rings. The molecule has 2 unspecified atom stereocenters. The largest absolute Gasteiger partial charge is 0.507 e. The number of phenols is 1. The molecule has 0 bridgehead atoms. The van der Waals surface area contributed by atoms with Gasteiger partial charge in [-0.15, -0.1) is 0 Å². The molecule has 2 atom stereocenters. The molecular formula is C19H16N2O3. The maximum absolute atomic E-state index is 13.0. The molecule has 1 aliphatic heterocycles. The Bertz CT molecular complexity index is 903. The number of rotatable bonds is 2. The quantitative estimate of drug-likeness (QED) is 0.785. The van der Waals surface area contributed by atoms with Crippen molar-refractivity contribution in [3.8, 4) is 22.6 Å². The van der Waals surface area contributed by atoms with Crippen molar-refractivity contribution in [2.24, 2.45) is 0 Å². The van der Waals surface area contributed by atoms with Crippen LogP contribution in [0.1, 0.15) is 23.3 Å². The molecule has 1 N–H and O–H groups in total. The van der Waals surface area contributed by atoms with Crippen molar-refractivity contribution in [1.82, 2.24) is 9.55 Å². The van der Waals surface area contributed by atoms with E-state index in [1.165, 1.54) is 0 Å². The Morgan fingerprint density at radius 3 is 2.75 bits per heavy atom. The number of hydrogen-bond acceptors (Lipinski definition) is 4. The number of ketones is 1. The highest BCUT2D eigenvalue weighted by Gasteiger charge is 2.35. The van der Waals surface area contributed by atoms with Gasteiger partial charge >= 0.3 is 0 Å². The number of hydrogen-bond donors (Lipinski definition) is 1. The second kappa shape index (κ2) is 5.53. The van der Waals surface area contributed by atoms with Crippen molar-refractivity contribution in [3.63, 3.8) is 0 Å². The van der Waals surface area contributed by atoms with E-state index >= 15 is 0 Å². The SMILES string of the molecule is CC1Oc2ccc(-c3ccccc3O)cc2C(=O)C1n1ccnc1. The Morgan fingerprint density at radius 1 is 1.17 bits per heavy atom. The lowest BCUT2D eigenvalue weighted by Crippen LogP contribution is -2.37. The summed E-state index contributed by atoms with van der Waals surface area (Å²) < 4.78 is 7.69. The molecule has 2 heterocycles. The highest BCUT2D eigenvalue weighted by atomic mass is 16.5. The first-order valence-electron chi connectivity index (χ1n) is 7.76. The summed E-state index contributed by atoms with van der Waals surface area (Å²) in [4.78, 5) is 17.0. The van der Waals surface area contributed by atoms with E-state index in [1.54, 1.807) is 47.6 Å². The van der Waals surface area contributed by atoms with E-state index < -0.39 is 6.04 Å². The van der Waals surface area contributed by atoms with Gasteiger partial charge in [-0.25, -0.2) is 4.98 Å². The minimum atomic E-state index is -0.445. The lowest BCUT2D eigenvalue weighted by atomic mass is 9.93. The van der Waals surface area contributed by atoms with Gasteiger partial charge in [-0.3, -0.25) is 4.79 Å². The summed E-state index contributed by atoms with van der Waals surface area (Å²) in [5.74, 6) is 0.739. The Morgan fingerprint density at radius 2 is 2.00 bits per heavy atom. The fraction of sp³-hybridized carbons (Fsp3) is 0.158. The average molecular weight is 320 g/mol. The fourth-order valence-corrected chi connectivity index (χ4v) is 3.16. The van der Waals surface area contributed by atoms with Gasteiger partial charge in [-0.2, -0.15) is 0 Å². The number of ether oxygens (including phenoxy) is 1. The highest BCUT2D eigenvalue weighted by Crippen LogP contribution is 2.37. The summed E-state index contributed by atoms with van der Waals surface area (Å²) in [6.07, 6.45) is 4.75. The molecule has 1 aromatic heterocycles. The number of carbonyl (C=O) groups excluding carboxylic acids is 1. The van der Waals surface area contributed by atoms with Gasteiger partial charge in [0.15, 0.2) is 5.78 Å². The zero-order chi connectivity index (χ0) is 16.7. The first-order chi connectivity index (χ1) is 11.6. The molecule has 0 saturated heterocycles. The van der Waals surface area contributed by atoms with Crippen LogP contribution in [0.2, 0.25) is 0 Å². The smallest absolute Gasteiger partial charge is 0.193 e. The Kier molecular flexibility index (Phi) is 3.34. The molecule has 0 spiro atoms. The first-order valence-corrected chi connectivity index (χ1v) is 7.76. The molecular weight excluding hydrogens is 304 g/mol. The van der Waals surface area contributed by atoms with Crippen molar-refractivity contribution in [2.45, 2.75) is 19.1 Å². The summed E-state index contributed by atoms with van der Waals surface area (Å²) in [7, 11) is 0. The zero-order valence-corrected chi connectivity index (χ0v) is 13.1. The minimum absolute atomic E-state index is 0.0148. The van der Waals surface area contributed by atoms with Gasteiger partial charge < -0.3 is 14.4 Å². The summed E-state index contributed by atoms with van der Waals surface area (Å²) >= 11 is 0. The number of carbonyl (C=O) groups is 1. The molecule has 4 rings (SSSR count). The third-order valence-corrected chi connectivity index (χ3v) is 4.33. The van der Waals surface area contributed by atoms with E-state index in [0.29, 0.717) is 16.9 Å². The van der Waals surface area contributed by atoms with Crippen molar-refractivity contribution >= 4 is 5.78 Å². The van der Waals surface area contributed by atoms with Crippen molar-refractivity contribution in [1.29, 1.82) is 0 Å². The summed E-state index contributed by atoms with van der Waals surface area (Å²) in [5, 5.41) is 10.0. The molecule has 24 heavy (non-hydrogen) atoms. The molecule has 5 heteroatoms. The predicted molar refractivity (Wildman–Crippen MR) is 89.2 cm³/mol. The number of benzene rings is 2. The van der Waals surface area contributed by atoms with E-state index in [1.807, 2.05) is 25.1 Å². The van der Waals surface area contributed by atoms with Gasteiger partial charge in [-0.1, -0.05) is 24.3 Å². The molecule has 0 amide bonds. The van der Waals surface area contributed by atoms with Crippen LogP contribution in [0.15, 0.2) is 61.2 Å². The van der Waals surface area contributed by atoms with Crippen LogP contribution in [-0.2, 0) is 0 Å². The zero-order valence-electron chi connectivity index (χ0n) is 13.1. The Balaban J connectivity index is 1.80. The topological polar surface area (TPSA) is 64.3 Å². The van der Waals surface area contributed by atoms with Crippen molar-refractivity contribution in [2.75, 3.05) is 0 Å². The Hall–Kier alpha value is -3.08. The molecule has 3 aromatic rings.